The van der Waals surface area contributed by atoms with E-state index >= 15 is 0 Å². The first kappa shape index (κ1) is 14.4. The van der Waals surface area contributed by atoms with E-state index in [9.17, 15) is 13.2 Å². The first-order valence-corrected chi connectivity index (χ1v) is 6.57. The van der Waals surface area contributed by atoms with Crippen molar-refractivity contribution in [1.29, 1.82) is 0 Å². The van der Waals surface area contributed by atoms with Crippen molar-refractivity contribution in [2.24, 2.45) is 0 Å². The van der Waals surface area contributed by atoms with Crippen LogP contribution in [0.15, 0.2) is 36.4 Å². The molecule has 1 N–H and O–H groups in total. The molecular formula is C12H7ClF3IN2. The second kappa shape index (κ2) is 5.54. The number of alkyl halides is 3. The van der Waals surface area contributed by atoms with E-state index in [0.717, 1.165) is 15.7 Å². The Balaban J connectivity index is 2.33. The third-order valence-electron chi connectivity index (χ3n) is 2.22. The number of hydrogen-bond donors (Lipinski definition) is 1. The van der Waals surface area contributed by atoms with E-state index in [1.165, 1.54) is 0 Å². The molecule has 2 nitrogen and oxygen atoms in total. The van der Waals surface area contributed by atoms with Gasteiger partial charge in [0.15, 0.2) is 0 Å². The van der Waals surface area contributed by atoms with E-state index in [1.807, 2.05) is 6.07 Å². The number of pyridine rings is 1. The molecule has 0 amide bonds. The van der Waals surface area contributed by atoms with Gasteiger partial charge in [-0.05, 0) is 52.9 Å². The van der Waals surface area contributed by atoms with Crippen molar-refractivity contribution in [2.75, 3.05) is 5.32 Å². The van der Waals surface area contributed by atoms with Crippen molar-refractivity contribution in [1.82, 2.24) is 4.98 Å². The molecule has 1 aromatic heterocycles. The van der Waals surface area contributed by atoms with Gasteiger partial charge in [0.05, 0.1) is 5.56 Å². The molecule has 7 heteroatoms. The number of anilines is 2. The summed E-state index contributed by atoms with van der Waals surface area (Å²) in [6, 6.07) is 8.90. The lowest BCUT2D eigenvalue weighted by atomic mass is 10.2. The van der Waals surface area contributed by atoms with Gasteiger partial charge in [-0.1, -0.05) is 17.7 Å². The van der Waals surface area contributed by atoms with Crippen LogP contribution in [-0.4, -0.2) is 4.98 Å². The van der Waals surface area contributed by atoms with E-state index in [2.05, 4.69) is 32.9 Å². The van der Waals surface area contributed by atoms with Gasteiger partial charge in [-0.25, -0.2) is 4.98 Å². The molecule has 0 aliphatic rings. The van der Waals surface area contributed by atoms with Crippen LogP contribution in [0.2, 0.25) is 5.15 Å². The van der Waals surface area contributed by atoms with Crippen LogP contribution in [0.1, 0.15) is 5.56 Å². The number of hydrogen-bond acceptors (Lipinski definition) is 2. The summed E-state index contributed by atoms with van der Waals surface area (Å²) in [7, 11) is 0. The highest BCUT2D eigenvalue weighted by Gasteiger charge is 2.31. The Labute approximate surface area is 126 Å². The van der Waals surface area contributed by atoms with Crippen molar-refractivity contribution >= 4 is 45.7 Å². The molecule has 0 fully saturated rings. The predicted octanol–water partition coefficient (Wildman–Crippen LogP) is 5.10. The number of benzene rings is 1. The zero-order valence-corrected chi connectivity index (χ0v) is 12.2. The first-order chi connectivity index (χ1) is 8.84. The molecule has 0 saturated carbocycles. The molecule has 0 saturated heterocycles. The lowest BCUT2D eigenvalue weighted by Gasteiger charge is -2.11. The highest BCUT2D eigenvalue weighted by Crippen LogP contribution is 2.32. The van der Waals surface area contributed by atoms with Crippen molar-refractivity contribution < 1.29 is 13.2 Å². The maximum absolute atomic E-state index is 12.6. The van der Waals surface area contributed by atoms with Crippen molar-refractivity contribution in [3.05, 3.63) is 50.7 Å². The second-order valence-corrected chi connectivity index (χ2v) is 5.33. The largest absolute Gasteiger partial charge is 0.416 e. The fourth-order valence-corrected chi connectivity index (χ4v) is 2.19. The lowest BCUT2D eigenvalue weighted by molar-refractivity contribution is -0.137. The number of halogens is 5. The van der Waals surface area contributed by atoms with E-state index in [1.54, 1.807) is 18.2 Å². The molecule has 0 unspecified atom stereocenters. The molecule has 0 bridgehead atoms. The van der Waals surface area contributed by atoms with Gasteiger partial charge in [-0.15, -0.1) is 0 Å². The minimum Gasteiger partial charge on any atom is -0.340 e. The Hall–Kier alpha value is -1.02. The van der Waals surface area contributed by atoms with Crippen LogP contribution in [0.4, 0.5) is 24.7 Å². The molecule has 0 spiro atoms. The second-order valence-electron chi connectivity index (χ2n) is 3.70. The van der Waals surface area contributed by atoms with Crippen LogP contribution in [0, 0.1) is 3.57 Å². The third kappa shape index (κ3) is 3.97. The van der Waals surface area contributed by atoms with Gasteiger partial charge in [-0.2, -0.15) is 13.2 Å². The zero-order chi connectivity index (χ0) is 14.0. The normalized spacial score (nSPS) is 11.4. The van der Waals surface area contributed by atoms with Crippen LogP contribution < -0.4 is 5.32 Å². The number of nitrogens with one attached hydrogen (secondary N) is 1. The molecule has 0 aliphatic heterocycles. The lowest BCUT2D eigenvalue weighted by Crippen LogP contribution is -2.06. The van der Waals surface area contributed by atoms with E-state index in [4.69, 9.17) is 11.6 Å². The van der Waals surface area contributed by atoms with Gasteiger partial charge < -0.3 is 5.32 Å². The Bertz CT molecular complexity index is 602. The minimum atomic E-state index is -4.45. The minimum absolute atomic E-state index is 0.0572. The van der Waals surface area contributed by atoms with E-state index in [0.29, 0.717) is 5.69 Å². The van der Waals surface area contributed by atoms with Gasteiger partial charge in [0, 0.05) is 9.26 Å². The average Bonchev–Trinajstić information content (AvgIpc) is 2.26. The number of nitrogens with zero attached hydrogens (tertiary/aromatic N) is 1. The van der Waals surface area contributed by atoms with Gasteiger partial charge in [-0.3, -0.25) is 0 Å². The summed E-state index contributed by atoms with van der Waals surface area (Å²) in [6.45, 7) is 0. The fourth-order valence-electron chi connectivity index (χ4n) is 1.44. The quantitative estimate of drug-likeness (QED) is 0.562. The smallest absolute Gasteiger partial charge is 0.340 e. The summed E-state index contributed by atoms with van der Waals surface area (Å²) in [5.74, 6) is 0.0572. The molecule has 0 radical (unpaired) electrons. The van der Waals surface area contributed by atoms with Crippen molar-refractivity contribution in [3.63, 3.8) is 0 Å². The summed E-state index contributed by atoms with van der Waals surface area (Å²) >= 11 is 7.71. The fraction of sp³-hybridized carbons (Fsp3) is 0.0833. The van der Waals surface area contributed by atoms with Crippen molar-refractivity contribution in [2.45, 2.75) is 6.18 Å². The molecule has 1 aromatic carbocycles. The molecular weight excluding hydrogens is 391 g/mol. The summed E-state index contributed by atoms with van der Waals surface area (Å²) in [5.41, 5.74) is -0.185. The Morgan fingerprint density at radius 1 is 1.16 bits per heavy atom. The predicted molar refractivity (Wildman–Crippen MR) is 76.7 cm³/mol. The Kier molecular flexibility index (Phi) is 4.19. The highest BCUT2D eigenvalue weighted by atomic mass is 127. The summed E-state index contributed by atoms with van der Waals surface area (Å²) in [6.07, 6.45) is -4.45. The SMILES string of the molecule is FC(F)(F)c1cc(Cl)nc(Nc2cccc(I)c2)c1. The van der Waals surface area contributed by atoms with Gasteiger partial charge in [0.1, 0.15) is 11.0 Å². The van der Waals surface area contributed by atoms with Gasteiger partial charge >= 0.3 is 6.18 Å². The molecule has 100 valence electrons. The number of rotatable bonds is 2. The number of aromatic nitrogens is 1. The molecule has 19 heavy (non-hydrogen) atoms. The van der Waals surface area contributed by atoms with Crippen LogP contribution >= 0.6 is 34.2 Å². The van der Waals surface area contributed by atoms with E-state index < -0.39 is 11.7 Å². The summed E-state index contributed by atoms with van der Waals surface area (Å²) < 4.78 is 38.9. The standard InChI is InChI=1S/C12H7ClF3IN2/c13-10-4-7(12(14,15)16)5-11(19-10)18-9-3-1-2-8(17)6-9/h1-6H,(H,18,19). The molecule has 0 aliphatic carbocycles. The summed E-state index contributed by atoms with van der Waals surface area (Å²) in [4.78, 5) is 3.82. The maximum Gasteiger partial charge on any atom is 0.416 e. The third-order valence-corrected chi connectivity index (χ3v) is 3.08. The molecule has 0 atom stereocenters. The van der Waals surface area contributed by atoms with Crippen LogP contribution in [-0.2, 0) is 6.18 Å². The Morgan fingerprint density at radius 2 is 1.89 bits per heavy atom. The van der Waals surface area contributed by atoms with Crippen LogP contribution in [0.3, 0.4) is 0 Å². The molecule has 2 rings (SSSR count). The first-order valence-electron chi connectivity index (χ1n) is 5.12. The van der Waals surface area contributed by atoms with Gasteiger partial charge in [0.2, 0.25) is 0 Å². The molecule has 2 aromatic rings. The van der Waals surface area contributed by atoms with E-state index in [-0.39, 0.29) is 11.0 Å². The van der Waals surface area contributed by atoms with Crippen molar-refractivity contribution in [3.8, 4) is 0 Å². The van der Waals surface area contributed by atoms with Crippen LogP contribution in [0.5, 0.6) is 0 Å². The summed E-state index contributed by atoms with van der Waals surface area (Å²) in [5, 5.41) is 2.59. The Morgan fingerprint density at radius 3 is 2.53 bits per heavy atom. The molecule has 1 heterocycles. The highest BCUT2D eigenvalue weighted by molar-refractivity contribution is 14.1. The van der Waals surface area contributed by atoms with Crippen LogP contribution in [0.25, 0.3) is 0 Å². The topological polar surface area (TPSA) is 24.9 Å². The monoisotopic (exact) mass is 398 g/mol. The van der Waals surface area contributed by atoms with Gasteiger partial charge in [0.25, 0.3) is 0 Å². The maximum atomic E-state index is 12.6. The average molecular weight is 399 g/mol. The zero-order valence-electron chi connectivity index (χ0n) is 9.30.